The summed E-state index contributed by atoms with van der Waals surface area (Å²) < 4.78 is 0. The molecule has 0 aliphatic heterocycles. The summed E-state index contributed by atoms with van der Waals surface area (Å²) in [5, 5.41) is 4.78. The minimum atomic E-state index is 0.810. The van der Waals surface area contributed by atoms with E-state index in [1.165, 1.54) is 34.8 Å². The molecular formula is C11H18N2S. The molecule has 1 aliphatic carbocycles. The molecule has 0 radical (unpaired) electrons. The first-order valence-corrected chi connectivity index (χ1v) is 6.23. The predicted molar refractivity (Wildman–Crippen MR) is 60.9 cm³/mol. The van der Waals surface area contributed by atoms with Gasteiger partial charge in [0.05, 0.1) is 10.7 Å². The lowest BCUT2D eigenvalue weighted by Crippen LogP contribution is -2.36. The first-order valence-electron chi connectivity index (χ1n) is 5.42. The molecule has 1 heterocycles. The van der Waals surface area contributed by atoms with E-state index in [2.05, 4.69) is 24.1 Å². The van der Waals surface area contributed by atoms with Crippen molar-refractivity contribution in [2.24, 2.45) is 0 Å². The average Bonchev–Trinajstić information content (AvgIpc) is 2.36. The second-order valence-corrected chi connectivity index (χ2v) is 5.36. The van der Waals surface area contributed by atoms with Gasteiger partial charge in [0.25, 0.3) is 0 Å². The van der Waals surface area contributed by atoms with Crippen LogP contribution in [0.3, 0.4) is 0 Å². The molecule has 1 aromatic rings. The number of thiazole rings is 1. The van der Waals surface area contributed by atoms with Gasteiger partial charge in [0.2, 0.25) is 0 Å². The summed E-state index contributed by atoms with van der Waals surface area (Å²) in [5.41, 5.74) is 1.22. The summed E-state index contributed by atoms with van der Waals surface area (Å²) >= 11 is 1.84. The zero-order chi connectivity index (χ0) is 9.97. The Morgan fingerprint density at radius 1 is 1.43 bits per heavy atom. The largest absolute Gasteiger partial charge is 0.314 e. The molecule has 0 saturated heterocycles. The van der Waals surface area contributed by atoms with Crippen molar-refractivity contribution in [2.75, 3.05) is 6.54 Å². The van der Waals surface area contributed by atoms with Gasteiger partial charge >= 0.3 is 0 Å². The monoisotopic (exact) mass is 210 g/mol. The quantitative estimate of drug-likeness (QED) is 0.825. The molecule has 0 amide bonds. The van der Waals surface area contributed by atoms with Gasteiger partial charge < -0.3 is 5.32 Å². The molecule has 78 valence electrons. The van der Waals surface area contributed by atoms with Crippen molar-refractivity contribution in [1.82, 2.24) is 10.3 Å². The summed E-state index contributed by atoms with van der Waals surface area (Å²) in [6.45, 7) is 5.32. The molecule has 0 unspecified atom stereocenters. The standard InChI is InChI=1S/C11H18N2S/c1-8-11(14-9(2)13-8)6-7-12-10-4-3-5-10/h10,12H,3-7H2,1-2H3. The second-order valence-electron chi connectivity index (χ2n) is 4.07. The molecule has 0 atom stereocenters. The van der Waals surface area contributed by atoms with Crippen molar-refractivity contribution < 1.29 is 0 Å². The molecule has 14 heavy (non-hydrogen) atoms. The molecule has 1 aromatic heterocycles. The summed E-state index contributed by atoms with van der Waals surface area (Å²) in [6.07, 6.45) is 5.31. The Morgan fingerprint density at radius 2 is 2.21 bits per heavy atom. The molecule has 1 saturated carbocycles. The fourth-order valence-electron chi connectivity index (χ4n) is 1.81. The van der Waals surface area contributed by atoms with E-state index in [9.17, 15) is 0 Å². The lowest BCUT2D eigenvalue weighted by Gasteiger charge is -2.26. The molecule has 0 bridgehead atoms. The number of rotatable bonds is 4. The number of nitrogens with zero attached hydrogens (tertiary/aromatic N) is 1. The maximum atomic E-state index is 4.43. The van der Waals surface area contributed by atoms with Gasteiger partial charge in [0, 0.05) is 17.5 Å². The highest BCUT2D eigenvalue weighted by Gasteiger charge is 2.16. The third kappa shape index (κ3) is 2.34. The van der Waals surface area contributed by atoms with E-state index in [-0.39, 0.29) is 0 Å². The fraction of sp³-hybridized carbons (Fsp3) is 0.727. The van der Waals surface area contributed by atoms with Gasteiger partial charge in [-0.1, -0.05) is 6.42 Å². The van der Waals surface area contributed by atoms with Gasteiger partial charge in [-0.3, -0.25) is 0 Å². The SMILES string of the molecule is Cc1nc(C)c(CCNC2CCC2)s1. The minimum absolute atomic E-state index is 0.810. The number of aromatic nitrogens is 1. The third-order valence-electron chi connectivity index (χ3n) is 2.89. The first-order chi connectivity index (χ1) is 6.75. The van der Waals surface area contributed by atoms with Crippen LogP contribution in [0.4, 0.5) is 0 Å². The highest BCUT2D eigenvalue weighted by atomic mass is 32.1. The van der Waals surface area contributed by atoms with Gasteiger partial charge in [-0.15, -0.1) is 11.3 Å². The molecule has 2 rings (SSSR count). The van der Waals surface area contributed by atoms with Crippen molar-refractivity contribution in [1.29, 1.82) is 0 Å². The van der Waals surface area contributed by atoms with Crippen LogP contribution in [-0.2, 0) is 6.42 Å². The van der Waals surface area contributed by atoms with E-state index in [4.69, 9.17) is 0 Å². The summed E-state index contributed by atoms with van der Waals surface area (Å²) in [6, 6.07) is 0.810. The summed E-state index contributed by atoms with van der Waals surface area (Å²) in [7, 11) is 0. The van der Waals surface area contributed by atoms with Crippen molar-refractivity contribution >= 4 is 11.3 Å². The molecule has 1 aliphatic rings. The summed E-state index contributed by atoms with van der Waals surface area (Å²) in [5.74, 6) is 0. The van der Waals surface area contributed by atoms with E-state index < -0.39 is 0 Å². The maximum Gasteiger partial charge on any atom is 0.0900 e. The Kier molecular flexibility index (Phi) is 3.19. The first kappa shape index (κ1) is 10.1. The Hall–Kier alpha value is -0.410. The molecule has 3 heteroatoms. The van der Waals surface area contributed by atoms with E-state index in [1.807, 2.05) is 11.3 Å². The van der Waals surface area contributed by atoms with Crippen LogP contribution in [0.2, 0.25) is 0 Å². The van der Waals surface area contributed by atoms with E-state index in [0.717, 1.165) is 19.0 Å². The number of hydrogen-bond donors (Lipinski definition) is 1. The van der Waals surface area contributed by atoms with Gasteiger partial charge in [0.1, 0.15) is 0 Å². The van der Waals surface area contributed by atoms with E-state index in [1.54, 1.807) is 0 Å². The number of aryl methyl sites for hydroxylation is 2. The van der Waals surface area contributed by atoms with Crippen LogP contribution < -0.4 is 5.32 Å². The molecule has 1 N–H and O–H groups in total. The van der Waals surface area contributed by atoms with Gasteiger partial charge in [-0.05, 0) is 33.1 Å². The highest BCUT2D eigenvalue weighted by Crippen LogP contribution is 2.19. The zero-order valence-electron chi connectivity index (χ0n) is 8.97. The number of nitrogens with one attached hydrogen (secondary N) is 1. The van der Waals surface area contributed by atoms with Gasteiger partial charge in [0.15, 0.2) is 0 Å². The van der Waals surface area contributed by atoms with Crippen LogP contribution in [0.1, 0.15) is 34.8 Å². The third-order valence-corrected chi connectivity index (χ3v) is 4.02. The van der Waals surface area contributed by atoms with Crippen molar-refractivity contribution in [3.63, 3.8) is 0 Å². The maximum absolute atomic E-state index is 4.43. The lowest BCUT2D eigenvalue weighted by atomic mass is 9.93. The predicted octanol–water partition coefficient (Wildman–Crippen LogP) is 2.44. The number of hydrogen-bond acceptors (Lipinski definition) is 3. The topological polar surface area (TPSA) is 24.9 Å². The zero-order valence-corrected chi connectivity index (χ0v) is 9.78. The van der Waals surface area contributed by atoms with Crippen LogP contribution in [0.25, 0.3) is 0 Å². The van der Waals surface area contributed by atoms with E-state index in [0.29, 0.717) is 0 Å². The van der Waals surface area contributed by atoms with Crippen LogP contribution in [0, 0.1) is 13.8 Å². The van der Waals surface area contributed by atoms with Crippen LogP contribution in [-0.4, -0.2) is 17.6 Å². The second kappa shape index (κ2) is 4.41. The Labute approximate surface area is 89.8 Å². The Bertz CT molecular complexity index is 302. The minimum Gasteiger partial charge on any atom is -0.314 e. The summed E-state index contributed by atoms with van der Waals surface area (Å²) in [4.78, 5) is 5.89. The molecule has 1 fully saturated rings. The van der Waals surface area contributed by atoms with Crippen LogP contribution in [0.5, 0.6) is 0 Å². The fourth-order valence-corrected chi connectivity index (χ4v) is 2.74. The van der Waals surface area contributed by atoms with E-state index >= 15 is 0 Å². The average molecular weight is 210 g/mol. The Balaban J connectivity index is 1.76. The normalized spacial score (nSPS) is 17.0. The van der Waals surface area contributed by atoms with Crippen molar-refractivity contribution in [3.05, 3.63) is 15.6 Å². The van der Waals surface area contributed by atoms with Crippen LogP contribution in [0.15, 0.2) is 0 Å². The van der Waals surface area contributed by atoms with Gasteiger partial charge in [-0.2, -0.15) is 0 Å². The van der Waals surface area contributed by atoms with Crippen molar-refractivity contribution in [3.8, 4) is 0 Å². The lowest BCUT2D eigenvalue weighted by molar-refractivity contribution is 0.342. The molecule has 0 aromatic carbocycles. The highest BCUT2D eigenvalue weighted by molar-refractivity contribution is 7.11. The molecule has 2 nitrogen and oxygen atoms in total. The van der Waals surface area contributed by atoms with Gasteiger partial charge in [-0.25, -0.2) is 4.98 Å². The Morgan fingerprint density at radius 3 is 2.71 bits per heavy atom. The molecule has 0 spiro atoms. The smallest absolute Gasteiger partial charge is 0.0900 e. The molecular weight excluding hydrogens is 192 g/mol. The van der Waals surface area contributed by atoms with Crippen LogP contribution >= 0.6 is 11.3 Å². The van der Waals surface area contributed by atoms with Crippen molar-refractivity contribution in [2.45, 2.75) is 45.6 Å².